The van der Waals surface area contributed by atoms with Crippen LogP contribution in [-0.4, -0.2) is 28.2 Å². The maximum absolute atomic E-state index is 5.17. The van der Waals surface area contributed by atoms with E-state index in [1.54, 1.807) is 5.51 Å². The molecule has 6 heteroatoms. The van der Waals surface area contributed by atoms with Crippen molar-refractivity contribution in [1.82, 2.24) is 20.4 Å². The fourth-order valence-corrected chi connectivity index (χ4v) is 2.03. The first-order valence-corrected chi connectivity index (χ1v) is 5.78. The second-order valence-electron chi connectivity index (χ2n) is 3.61. The van der Waals surface area contributed by atoms with Gasteiger partial charge in [-0.25, -0.2) is 4.98 Å². The summed E-state index contributed by atoms with van der Waals surface area (Å²) < 4.78 is 5.17. The van der Waals surface area contributed by atoms with Crippen LogP contribution in [0.1, 0.15) is 5.89 Å². The zero-order valence-electron chi connectivity index (χ0n) is 8.01. The molecular formula is C9H10N4OS. The van der Waals surface area contributed by atoms with Gasteiger partial charge in [-0.2, -0.15) is 4.98 Å². The van der Waals surface area contributed by atoms with Gasteiger partial charge in [0.25, 0.3) is 0 Å². The normalized spacial score (nSPS) is 16.5. The minimum atomic E-state index is 0.596. The summed E-state index contributed by atoms with van der Waals surface area (Å²) in [4.78, 5) is 8.45. The van der Waals surface area contributed by atoms with Crippen molar-refractivity contribution in [1.29, 1.82) is 0 Å². The molecule has 2 aromatic heterocycles. The maximum atomic E-state index is 5.17. The quantitative estimate of drug-likeness (QED) is 0.837. The Morgan fingerprint density at radius 2 is 2.47 bits per heavy atom. The van der Waals surface area contributed by atoms with E-state index in [1.807, 2.05) is 5.38 Å². The lowest BCUT2D eigenvalue weighted by Crippen LogP contribution is -2.43. The number of thiazole rings is 1. The second-order valence-corrected chi connectivity index (χ2v) is 4.33. The van der Waals surface area contributed by atoms with Crippen LogP contribution in [0, 0.1) is 5.92 Å². The highest BCUT2D eigenvalue weighted by atomic mass is 32.1. The van der Waals surface area contributed by atoms with Crippen molar-refractivity contribution in [3.63, 3.8) is 0 Å². The lowest BCUT2D eigenvalue weighted by atomic mass is 10.00. The van der Waals surface area contributed by atoms with E-state index in [0.29, 0.717) is 17.6 Å². The van der Waals surface area contributed by atoms with Gasteiger partial charge in [-0.05, 0) is 19.0 Å². The van der Waals surface area contributed by atoms with E-state index in [9.17, 15) is 0 Å². The van der Waals surface area contributed by atoms with Crippen LogP contribution in [0.5, 0.6) is 0 Å². The topological polar surface area (TPSA) is 63.8 Å². The molecule has 2 aromatic rings. The molecule has 1 N–H and O–H groups in total. The molecule has 1 aliphatic heterocycles. The molecule has 1 fully saturated rings. The van der Waals surface area contributed by atoms with Crippen LogP contribution in [0.4, 0.5) is 0 Å². The molecule has 0 bridgehead atoms. The van der Waals surface area contributed by atoms with Gasteiger partial charge in [-0.3, -0.25) is 0 Å². The van der Waals surface area contributed by atoms with E-state index in [1.165, 1.54) is 11.3 Å². The molecule has 0 unspecified atom stereocenters. The number of hydrogen-bond donors (Lipinski definition) is 1. The van der Waals surface area contributed by atoms with Crippen molar-refractivity contribution >= 4 is 11.3 Å². The Labute approximate surface area is 90.5 Å². The van der Waals surface area contributed by atoms with Gasteiger partial charge in [0.2, 0.25) is 11.7 Å². The summed E-state index contributed by atoms with van der Waals surface area (Å²) >= 11 is 1.53. The molecule has 0 radical (unpaired) electrons. The Bertz CT molecular complexity index is 435. The molecule has 1 saturated heterocycles. The van der Waals surface area contributed by atoms with Gasteiger partial charge in [0.1, 0.15) is 5.69 Å². The molecule has 0 spiro atoms. The van der Waals surface area contributed by atoms with Crippen molar-refractivity contribution in [3.8, 4) is 11.5 Å². The van der Waals surface area contributed by atoms with Crippen molar-refractivity contribution in [3.05, 3.63) is 16.8 Å². The molecule has 0 saturated carbocycles. The highest BCUT2D eigenvalue weighted by Crippen LogP contribution is 2.17. The Hall–Kier alpha value is -1.27. The lowest BCUT2D eigenvalue weighted by molar-refractivity contribution is 0.296. The van der Waals surface area contributed by atoms with Crippen LogP contribution in [0.15, 0.2) is 15.4 Å². The van der Waals surface area contributed by atoms with Crippen molar-refractivity contribution in [2.45, 2.75) is 6.42 Å². The first-order valence-electron chi connectivity index (χ1n) is 4.83. The van der Waals surface area contributed by atoms with E-state index in [4.69, 9.17) is 4.52 Å². The van der Waals surface area contributed by atoms with Crippen LogP contribution < -0.4 is 5.32 Å². The molecular weight excluding hydrogens is 212 g/mol. The molecule has 3 heterocycles. The van der Waals surface area contributed by atoms with E-state index >= 15 is 0 Å². The maximum Gasteiger partial charge on any atom is 0.227 e. The first-order chi connectivity index (χ1) is 7.42. The number of nitrogens with zero attached hydrogens (tertiary/aromatic N) is 3. The van der Waals surface area contributed by atoms with Gasteiger partial charge < -0.3 is 9.84 Å². The molecule has 0 aliphatic carbocycles. The zero-order valence-corrected chi connectivity index (χ0v) is 8.83. The predicted molar refractivity (Wildman–Crippen MR) is 55.5 cm³/mol. The third kappa shape index (κ3) is 1.78. The SMILES string of the molecule is c1nc(-c2noc(CC3CNC3)n2)cs1. The van der Waals surface area contributed by atoms with Gasteiger partial charge >= 0.3 is 0 Å². The van der Waals surface area contributed by atoms with Crippen LogP contribution in [0.3, 0.4) is 0 Å². The van der Waals surface area contributed by atoms with Crippen molar-refractivity contribution in [2.75, 3.05) is 13.1 Å². The van der Waals surface area contributed by atoms with Crippen molar-refractivity contribution in [2.24, 2.45) is 5.92 Å². The fraction of sp³-hybridized carbons (Fsp3) is 0.444. The monoisotopic (exact) mass is 222 g/mol. The van der Waals surface area contributed by atoms with Crippen LogP contribution in [0.2, 0.25) is 0 Å². The smallest absolute Gasteiger partial charge is 0.227 e. The summed E-state index contributed by atoms with van der Waals surface area (Å²) in [5.41, 5.74) is 2.56. The number of nitrogens with one attached hydrogen (secondary N) is 1. The van der Waals surface area contributed by atoms with Crippen molar-refractivity contribution < 1.29 is 4.52 Å². The third-order valence-corrected chi connectivity index (χ3v) is 3.05. The van der Waals surface area contributed by atoms with E-state index in [0.717, 1.165) is 25.2 Å². The van der Waals surface area contributed by atoms with Crippen LogP contribution in [-0.2, 0) is 6.42 Å². The molecule has 5 nitrogen and oxygen atoms in total. The van der Waals surface area contributed by atoms with E-state index < -0.39 is 0 Å². The van der Waals surface area contributed by atoms with E-state index in [-0.39, 0.29) is 0 Å². The van der Waals surface area contributed by atoms with Gasteiger partial charge in [0.15, 0.2) is 0 Å². The van der Waals surface area contributed by atoms with Crippen LogP contribution >= 0.6 is 11.3 Å². The summed E-state index contributed by atoms with van der Waals surface area (Å²) in [5, 5.41) is 9.04. The van der Waals surface area contributed by atoms with Crippen LogP contribution in [0.25, 0.3) is 11.5 Å². The summed E-state index contributed by atoms with van der Waals surface area (Å²) in [6, 6.07) is 0. The predicted octanol–water partition coefficient (Wildman–Crippen LogP) is 0.955. The molecule has 3 rings (SSSR count). The summed E-state index contributed by atoms with van der Waals surface area (Å²) in [6.07, 6.45) is 0.865. The number of aromatic nitrogens is 3. The molecule has 0 amide bonds. The first kappa shape index (κ1) is 8.99. The molecule has 0 aromatic carbocycles. The minimum absolute atomic E-state index is 0.596. The Balaban J connectivity index is 1.75. The average Bonchev–Trinajstić information content (AvgIpc) is 2.82. The Kier molecular flexibility index (Phi) is 2.22. The van der Waals surface area contributed by atoms with E-state index in [2.05, 4.69) is 20.4 Å². The minimum Gasteiger partial charge on any atom is -0.339 e. The Morgan fingerprint density at radius 3 is 3.13 bits per heavy atom. The Morgan fingerprint density at radius 1 is 1.53 bits per heavy atom. The van der Waals surface area contributed by atoms with Gasteiger partial charge in [-0.15, -0.1) is 11.3 Å². The molecule has 78 valence electrons. The highest BCUT2D eigenvalue weighted by molar-refractivity contribution is 7.07. The standard InChI is InChI=1S/C9H10N4OS/c1(6-2-10-3-6)8-12-9(13-14-8)7-4-15-5-11-7/h4-6,10H,1-3H2. The molecule has 1 aliphatic rings. The third-order valence-electron chi connectivity index (χ3n) is 2.46. The molecule has 15 heavy (non-hydrogen) atoms. The molecule has 0 atom stereocenters. The summed E-state index contributed by atoms with van der Waals surface area (Å²) in [5.74, 6) is 1.96. The van der Waals surface area contributed by atoms with Gasteiger partial charge in [0.05, 0.1) is 5.51 Å². The number of rotatable bonds is 3. The van der Waals surface area contributed by atoms with Gasteiger partial charge in [-0.1, -0.05) is 5.16 Å². The largest absolute Gasteiger partial charge is 0.339 e. The fourth-order valence-electron chi connectivity index (χ4n) is 1.50. The van der Waals surface area contributed by atoms with Gasteiger partial charge in [0, 0.05) is 11.8 Å². The summed E-state index contributed by atoms with van der Waals surface area (Å²) in [7, 11) is 0. The average molecular weight is 222 g/mol. The zero-order chi connectivity index (χ0) is 10.1. The second kappa shape index (κ2) is 3.71. The highest BCUT2D eigenvalue weighted by Gasteiger charge is 2.20. The summed E-state index contributed by atoms with van der Waals surface area (Å²) in [6.45, 7) is 2.10. The lowest BCUT2D eigenvalue weighted by Gasteiger charge is -2.25. The number of hydrogen-bond acceptors (Lipinski definition) is 6.